The molecular weight excluding hydrogens is 412 g/mol. The van der Waals surface area contributed by atoms with Crippen LogP contribution in [0.25, 0.3) is 5.57 Å². The molecule has 0 saturated heterocycles. The van der Waals surface area contributed by atoms with Crippen molar-refractivity contribution in [3.8, 4) is 0 Å². The van der Waals surface area contributed by atoms with Gasteiger partial charge in [0.15, 0.2) is 0 Å². The molecule has 160 valence electrons. The SMILES string of the molecule is COC(=O)C1=CCCN(CCOC=C(c2cccc(F)c2)c2cccc(F)c2)C1.Cl. The standard InChI is InChI=1S/C23H23F2NO3.ClH/c1-28-23(27)19-7-4-10-26(15-19)11-12-29-16-22(17-5-2-8-20(24)13-17)18-6-3-9-21(25)14-18;/h2-3,5-9,13-14,16H,4,10-12,15H2,1H3;1H. The van der Waals surface area contributed by atoms with Crippen LogP contribution in [0, 0.1) is 11.6 Å². The quantitative estimate of drug-likeness (QED) is 0.362. The van der Waals surface area contributed by atoms with Crippen molar-refractivity contribution in [2.75, 3.05) is 33.4 Å². The summed E-state index contributed by atoms with van der Waals surface area (Å²) in [6, 6.07) is 12.2. The molecule has 2 aromatic carbocycles. The summed E-state index contributed by atoms with van der Waals surface area (Å²) in [6.45, 7) is 2.33. The summed E-state index contributed by atoms with van der Waals surface area (Å²) < 4.78 is 37.9. The minimum atomic E-state index is -0.375. The molecule has 0 amide bonds. The van der Waals surface area contributed by atoms with Crippen LogP contribution in [0.2, 0.25) is 0 Å². The first-order chi connectivity index (χ1) is 14.1. The molecule has 0 aromatic heterocycles. The van der Waals surface area contributed by atoms with Crippen molar-refractivity contribution in [2.45, 2.75) is 6.42 Å². The summed E-state index contributed by atoms with van der Waals surface area (Å²) in [6.07, 6.45) is 4.21. The summed E-state index contributed by atoms with van der Waals surface area (Å²) in [7, 11) is 1.37. The van der Waals surface area contributed by atoms with Gasteiger partial charge in [-0.3, -0.25) is 4.90 Å². The van der Waals surface area contributed by atoms with Gasteiger partial charge in [-0.15, -0.1) is 12.4 Å². The summed E-state index contributed by atoms with van der Waals surface area (Å²) in [5.74, 6) is -1.06. The molecule has 30 heavy (non-hydrogen) atoms. The first-order valence-corrected chi connectivity index (χ1v) is 9.40. The van der Waals surface area contributed by atoms with Crippen LogP contribution in [0.5, 0.6) is 0 Å². The second-order valence-corrected chi connectivity index (χ2v) is 6.71. The molecule has 0 N–H and O–H groups in total. The molecule has 7 heteroatoms. The van der Waals surface area contributed by atoms with Gasteiger partial charge in [0, 0.05) is 30.8 Å². The van der Waals surface area contributed by atoms with Crippen molar-refractivity contribution in [3.63, 3.8) is 0 Å². The van der Waals surface area contributed by atoms with Gasteiger partial charge in [0.1, 0.15) is 18.2 Å². The van der Waals surface area contributed by atoms with Crippen LogP contribution in [-0.4, -0.2) is 44.2 Å². The molecule has 3 rings (SSSR count). The summed E-state index contributed by atoms with van der Waals surface area (Å²) in [4.78, 5) is 13.8. The Morgan fingerprint density at radius 3 is 2.30 bits per heavy atom. The Hall–Kier alpha value is -2.70. The number of benzene rings is 2. The Morgan fingerprint density at radius 1 is 1.10 bits per heavy atom. The zero-order valence-electron chi connectivity index (χ0n) is 16.6. The third-order valence-corrected chi connectivity index (χ3v) is 4.68. The van der Waals surface area contributed by atoms with E-state index in [4.69, 9.17) is 9.47 Å². The van der Waals surface area contributed by atoms with Crippen LogP contribution in [0.15, 0.2) is 66.4 Å². The monoisotopic (exact) mass is 435 g/mol. The fourth-order valence-electron chi connectivity index (χ4n) is 3.21. The number of rotatable bonds is 7. The Labute approximate surface area is 181 Å². The number of hydrogen-bond acceptors (Lipinski definition) is 4. The average Bonchev–Trinajstić information content (AvgIpc) is 2.73. The van der Waals surface area contributed by atoms with E-state index in [0.717, 1.165) is 13.0 Å². The highest BCUT2D eigenvalue weighted by Crippen LogP contribution is 2.25. The lowest BCUT2D eigenvalue weighted by Crippen LogP contribution is -2.34. The van der Waals surface area contributed by atoms with E-state index in [1.807, 2.05) is 6.08 Å². The van der Waals surface area contributed by atoms with Crippen molar-refractivity contribution < 1.29 is 23.0 Å². The maximum absolute atomic E-state index is 13.7. The molecule has 0 saturated carbocycles. The zero-order valence-corrected chi connectivity index (χ0v) is 17.5. The van der Waals surface area contributed by atoms with E-state index in [0.29, 0.717) is 42.0 Å². The number of carbonyl (C=O) groups excluding carboxylic acids is 1. The molecule has 0 radical (unpaired) electrons. The van der Waals surface area contributed by atoms with E-state index in [9.17, 15) is 13.6 Å². The molecule has 4 nitrogen and oxygen atoms in total. The third-order valence-electron chi connectivity index (χ3n) is 4.68. The van der Waals surface area contributed by atoms with E-state index < -0.39 is 0 Å². The molecule has 0 spiro atoms. The third kappa shape index (κ3) is 6.40. The van der Waals surface area contributed by atoms with Crippen LogP contribution >= 0.6 is 12.4 Å². The van der Waals surface area contributed by atoms with Crippen molar-refractivity contribution in [1.82, 2.24) is 4.90 Å². The Morgan fingerprint density at radius 2 is 1.73 bits per heavy atom. The van der Waals surface area contributed by atoms with Gasteiger partial charge in [-0.2, -0.15) is 0 Å². The molecule has 0 fully saturated rings. The highest BCUT2D eigenvalue weighted by atomic mass is 35.5. The normalized spacial score (nSPS) is 13.6. The van der Waals surface area contributed by atoms with E-state index in [2.05, 4.69) is 4.90 Å². The number of ether oxygens (including phenoxy) is 2. The maximum Gasteiger partial charge on any atom is 0.334 e. The summed E-state index contributed by atoms with van der Waals surface area (Å²) >= 11 is 0. The molecule has 1 heterocycles. The van der Waals surface area contributed by atoms with Gasteiger partial charge in [-0.25, -0.2) is 13.6 Å². The highest BCUT2D eigenvalue weighted by Gasteiger charge is 2.18. The summed E-state index contributed by atoms with van der Waals surface area (Å²) in [5.41, 5.74) is 2.45. The smallest absolute Gasteiger partial charge is 0.334 e. The lowest BCUT2D eigenvalue weighted by atomic mass is 9.99. The fourth-order valence-corrected chi connectivity index (χ4v) is 3.21. The molecule has 0 bridgehead atoms. The number of hydrogen-bond donors (Lipinski definition) is 0. The van der Waals surface area contributed by atoms with Crippen LogP contribution in [-0.2, 0) is 14.3 Å². The van der Waals surface area contributed by atoms with E-state index in [-0.39, 0.29) is 30.0 Å². The molecule has 1 aliphatic rings. The van der Waals surface area contributed by atoms with Crippen LogP contribution in [0.4, 0.5) is 8.78 Å². The van der Waals surface area contributed by atoms with Gasteiger partial charge in [-0.05, 0) is 41.8 Å². The van der Waals surface area contributed by atoms with Crippen molar-refractivity contribution in [3.05, 3.63) is 89.2 Å². The zero-order chi connectivity index (χ0) is 20.6. The Balaban J connectivity index is 0.00000320. The number of nitrogens with zero attached hydrogens (tertiary/aromatic N) is 1. The van der Waals surface area contributed by atoms with Gasteiger partial charge < -0.3 is 9.47 Å². The second-order valence-electron chi connectivity index (χ2n) is 6.71. The Kier molecular flexibility index (Phi) is 9.02. The predicted octanol–water partition coefficient (Wildman–Crippen LogP) is 4.60. The second kappa shape index (κ2) is 11.5. The fraction of sp³-hybridized carbons (Fsp3) is 0.261. The number of esters is 1. The van der Waals surface area contributed by atoms with E-state index in [1.165, 1.54) is 37.6 Å². The predicted molar refractivity (Wildman–Crippen MR) is 114 cm³/mol. The van der Waals surface area contributed by atoms with Gasteiger partial charge in [-0.1, -0.05) is 30.3 Å². The molecule has 0 atom stereocenters. The first kappa shape index (κ1) is 23.6. The minimum Gasteiger partial charge on any atom is -0.499 e. The van der Waals surface area contributed by atoms with E-state index in [1.54, 1.807) is 24.3 Å². The Bertz CT molecular complexity index is 883. The lowest BCUT2D eigenvalue weighted by Gasteiger charge is -2.25. The molecular formula is C23H24ClF2NO3. The molecule has 2 aromatic rings. The average molecular weight is 436 g/mol. The minimum absolute atomic E-state index is 0. The van der Waals surface area contributed by atoms with Crippen molar-refractivity contribution >= 4 is 23.9 Å². The van der Waals surface area contributed by atoms with Gasteiger partial charge in [0.25, 0.3) is 0 Å². The van der Waals surface area contributed by atoms with E-state index >= 15 is 0 Å². The first-order valence-electron chi connectivity index (χ1n) is 9.40. The van der Waals surface area contributed by atoms with Gasteiger partial charge >= 0.3 is 5.97 Å². The highest BCUT2D eigenvalue weighted by molar-refractivity contribution is 5.89. The van der Waals surface area contributed by atoms with Crippen molar-refractivity contribution in [1.29, 1.82) is 0 Å². The van der Waals surface area contributed by atoms with Gasteiger partial charge in [0.2, 0.25) is 0 Å². The number of halogens is 3. The van der Waals surface area contributed by atoms with Crippen molar-refractivity contribution in [2.24, 2.45) is 0 Å². The van der Waals surface area contributed by atoms with Crippen LogP contribution in [0.1, 0.15) is 17.5 Å². The molecule has 0 unspecified atom stereocenters. The topological polar surface area (TPSA) is 38.8 Å². The number of methoxy groups -OCH3 is 1. The maximum atomic E-state index is 13.7. The number of carbonyl (C=O) groups is 1. The largest absolute Gasteiger partial charge is 0.499 e. The summed E-state index contributed by atoms with van der Waals surface area (Å²) in [5, 5.41) is 0. The van der Waals surface area contributed by atoms with Gasteiger partial charge in [0.05, 0.1) is 13.4 Å². The lowest BCUT2D eigenvalue weighted by molar-refractivity contribution is -0.136. The molecule has 1 aliphatic heterocycles. The molecule has 0 aliphatic carbocycles. The van der Waals surface area contributed by atoms with Crippen LogP contribution in [0.3, 0.4) is 0 Å². The van der Waals surface area contributed by atoms with Crippen LogP contribution < -0.4 is 0 Å².